The Morgan fingerprint density at radius 1 is 0.897 bits per heavy atom. The van der Waals surface area contributed by atoms with E-state index in [-0.39, 0.29) is 10.9 Å². The van der Waals surface area contributed by atoms with Crippen molar-refractivity contribution in [2.45, 2.75) is 20.8 Å². The number of ether oxygens (including phenoxy) is 3. The predicted molar refractivity (Wildman–Crippen MR) is 108 cm³/mol. The largest absolute Gasteiger partial charge is 0.490 e. The molecule has 2 aromatic carbocycles. The van der Waals surface area contributed by atoms with Crippen LogP contribution in [0.15, 0.2) is 45.6 Å². The second-order valence-corrected chi connectivity index (χ2v) is 6.01. The van der Waals surface area contributed by atoms with Gasteiger partial charge in [-0.25, -0.2) is 9.59 Å². The minimum Gasteiger partial charge on any atom is -0.490 e. The zero-order valence-electron chi connectivity index (χ0n) is 16.5. The number of hydrogen-bond acceptors (Lipinski definition) is 6. The Bertz CT molecular complexity index is 1100. The van der Waals surface area contributed by atoms with Gasteiger partial charge < -0.3 is 23.7 Å². The number of aromatic carboxylic acids is 1. The first kappa shape index (κ1) is 20.3. The van der Waals surface area contributed by atoms with Crippen LogP contribution < -0.4 is 19.8 Å². The maximum Gasteiger partial charge on any atom is 0.372 e. The zero-order valence-corrected chi connectivity index (χ0v) is 16.5. The molecule has 0 bridgehead atoms. The Hall–Kier alpha value is -3.48. The second kappa shape index (κ2) is 8.68. The predicted octanol–water partition coefficient (Wildman–Crippen LogP) is 4.35. The van der Waals surface area contributed by atoms with Crippen molar-refractivity contribution in [3.05, 3.63) is 52.6 Å². The molecular weight excluding hydrogens is 376 g/mol. The molecule has 152 valence electrons. The van der Waals surface area contributed by atoms with Crippen LogP contribution in [0, 0.1) is 0 Å². The van der Waals surface area contributed by atoms with Gasteiger partial charge in [0.1, 0.15) is 0 Å². The first-order valence-corrected chi connectivity index (χ1v) is 9.38. The summed E-state index contributed by atoms with van der Waals surface area (Å²) in [5.41, 5.74) is -0.0214. The molecule has 0 aliphatic carbocycles. The van der Waals surface area contributed by atoms with Crippen molar-refractivity contribution >= 4 is 16.7 Å². The van der Waals surface area contributed by atoms with Crippen LogP contribution in [0.3, 0.4) is 0 Å². The van der Waals surface area contributed by atoms with Crippen molar-refractivity contribution < 1.29 is 28.5 Å². The van der Waals surface area contributed by atoms with E-state index in [1.165, 1.54) is 0 Å². The summed E-state index contributed by atoms with van der Waals surface area (Å²) in [4.78, 5) is 24.2. The summed E-state index contributed by atoms with van der Waals surface area (Å²) >= 11 is 0. The molecule has 1 N–H and O–H groups in total. The van der Waals surface area contributed by atoms with E-state index >= 15 is 0 Å². The second-order valence-electron chi connectivity index (χ2n) is 6.01. The van der Waals surface area contributed by atoms with Crippen LogP contribution in [-0.2, 0) is 0 Å². The molecule has 0 aliphatic rings. The van der Waals surface area contributed by atoms with Gasteiger partial charge in [0, 0.05) is 16.5 Å². The van der Waals surface area contributed by atoms with Gasteiger partial charge in [0.15, 0.2) is 11.5 Å². The summed E-state index contributed by atoms with van der Waals surface area (Å²) in [6, 6.07) is 10.1. The highest BCUT2D eigenvalue weighted by molar-refractivity contribution is 6.06. The Labute approximate surface area is 167 Å². The summed E-state index contributed by atoms with van der Waals surface area (Å²) in [6.07, 6.45) is 0. The highest BCUT2D eigenvalue weighted by atomic mass is 16.5. The molecule has 0 unspecified atom stereocenters. The van der Waals surface area contributed by atoms with Crippen molar-refractivity contribution in [1.82, 2.24) is 0 Å². The molecule has 0 fully saturated rings. The fraction of sp³-hybridized carbons (Fsp3) is 0.273. The SMILES string of the molecule is CCOc1ccc(-c2c(C(=O)O)oc(=O)c3ccccc23)c(OCC)c1OCC. The summed E-state index contributed by atoms with van der Waals surface area (Å²) in [6.45, 7) is 6.60. The lowest BCUT2D eigenvalue weighted by Crippen LogP contribution is -2.10. The van der Waals surface area contributed by atoms with Crippen LogP contribution in [0.2, 0.25) is 0 Å². The number of carbonyl (C=O) groups is 1. The highest BCUT2D eigenvalue weighted by Crippen LogP contribution is 2.47. The van der Waals surface area contributed by atoms with Crippen LogP contribution in [0.5, 0.6) is 17.2 Å². The Morgan fingerprint density at radius 2 is 1.52 bits per heavy atom. The van der Waals surface area contributed by atoms with Gasteiger partial charge in [0.05, 0.1) is 25.2 Å². The maximum atomic E-state index is 12.3. The van der Waals surface area contributed by atoms with Gasteiger partial charge in [-0.1, -0.05) is 18.2 Å². The lowest BCUT2D eigenvalue weighted by Gasteiger charge is -2.19. The molecule has 7 nitrogen and oxygen atoms in total. The van der Waals surface area contributed by atoms with Crippen LogP contribution in [0.25, 0.3) is 21.9 Å². The summed E-state index contributed by atoms with van der Waals surface area (Å²) in [5.74, 6) is -0.611. The number of benzene rings is 2. The number of hydrogen-bond donors (Lipinski definition) is 1. The third-order valence-corrected chi connectivity index (χ3v) is 4.25. The molecule has 0 atom stereocenters. The van der Waals surface area contributed by atoms with E-state index in [9.17, 15) is 14.7 Å². The number of rotatable bonds is 8. The molecule has 0 aliphatic heterocycles. The van der Waals surface area contributed by atoms with Crippen LogP contribution in [0.4, 0.5) is 0 Å². The van der Waals surface area contributed by atoms with Crippen LogP contribution in [-0.4, -0.2) is 30.9 Å². The van der Waals surface area contributed by atoms with Gasteiger partial charge in [0.25, 0.3) is 0 Å². The highest BCUT2D eigenvalue weighted by Gasteiger charge is 2.26. The zero-order chi connectivity index (χ0) is 21.0. The van der Waals surface area contributed by atoms with E-state index < -0.39 is 17.4 Å². The molecular formula is C22H22O7. The summed E-state index contributed by atoms with van der Waals surface area (Å²) < 4.78 is 22.5. The van der Waals surface area contributed by atoms with Crippen molar-refractivity contribution in [3.63, 3.8) is 0 Å². The number of carboxylic acids is 1. The molecule has 29 heavy (non-hydrogen) atoms. The standard InChI is InChI=1S/C22H22O7/c1-4-26-16-12-11-15(18(27-5-2)19(16)28-6-3)17-13-9-7-8-10-14(13)22(25)29-20(17)21(23)24/h7-12H,4-6H2,1-3H3,(H,23,24). The van der Waals surface area contributed by atoms with E-state index in [4.69, 9.17) is 18.6 Å². The maximum absolute atomic E-state index is 12.3. The molecule has 1 heterocycles. The normalized spacial score (nSPS) is 10.7. The molecule has 3 rings (SSSR count). The van der Waals surface area contributed by atoms with Gasteiger partial charge in [0.2, 0.25) is 11.5 Å². The smallest absolute Gasteiger partial charge is 0.372 e. The van der Waals surface area contributed by atoms with E-state index in [2.05, 4.69) is 0 Å². The monoisotopic (exact) mass is 398 g/mol. The average molecular weight is 398 g/mol. The molecule has 1 aromatic heterocycles. The van der Waals surface area contributed by atoms with E-state index in [0.717, 1.165) is 0 Å². The summed E-state index contributed by atoms with van der Waals surface area (Å²) in [5, 5.41) is 10.4. The Balaban J connectivity index is 2.44. The third-order valence-electron chi connectivity index (χ3n) is 4.25. The van der Waals surface area contributed by atoms with Gasteiger partial charge in [-0.15, -0.1) is 0 Å². The number of carboxylic acid groups (broad SMARTS) is 1. The summed E-state index contributed by atoms with van der Waals surface area (Å²) in [7, 11) is 0. The molecule has 0 radical (unpaired) electrons. The molecule has 7 heteroatoms. The van der Waals surface area contributed by atoms with E-state index in [1.807, 2.05) is 20.8 Å². The lowest BCUT2D eigenvalue weighted by molar-refractivity contribution is 0.0659. The molecule has 0 amide bonds. The first-order chi connectivity index (χ1) is 14.0. The molecule has 0 saturated carbocycles. The number of fused-ring (bicyclic) bond motifs is 1. The molecule has 0 saturated heterocycles. The molecule has 0 spiro atoms. The van der Waals surface area contributed by atoms with Crippen molar-refractivity contribution in [2.24, 2.45) is 0 Å². The van der Waals surface area contributed by atoms with Crippen LogP contribution in [0.1, 0.15) is 31.3 Å². The average Bonchev–Trinajstić information content (AvgIpc) is 2.71. The quantitative estimate of drug-likeness (QED) is 0.602. The van der Waals surface area contributed by atoms with Crippen LogP contribution >= 0.6 is 0 Å². The topological polar surface area (TPSA) is 95.2 Å². The van der Waals surface area contributed by atoms with E-state index in [0.29, 0.717) is 48.0 Å². The van der Waals surface area contributed by atoms with Gasteiger partial charge in [-0.3, -0.25) is 0 Å². The van der Waals surface area contributed by atoms with Crippen molar-refractivity contribution in [1.29, 1.82) is 0 Å². The van der Waals surface area contributed by atoms with Gasteiger partial charge in [-0.2, -0.15) is 0 Å². The van der Waals surface area contributed by atoms with Gasteiger partial charge >= 0.3 is 11.6 Å². The fourth-order valence-electron chi connectivity index (χ4n) is 3.20. The third kappa shape index (κ3) is 3.76. The fourth-order valence-corrected chi connectivity index (χ4v) is 3.20. The molecule has 3 aromatic rings. The van der Waals surface area contributed by atoms with E-state index in [1.54, 1.807) is 36.4 Å². The Kier molecular flexibility index (Phi) is 6.07. The van der Waals surface area contributed by atoms with Gasteiger partial charge in [-0.05, 0) is 39.0 Å². The minimum absolute atomic E-state index is 0.250. The van der Waals surface area contributed by atoms with Crippen molar-refractivity contribution in [2.75, 3.05) is 19.8 Å². The van der Waals surface area contributed by atoms with Crippen molar-refractivity contribution in [3.8, 4) is 28.4 Å². The first-order valence-electron chi connectivity index (χ1n) is 9.38. The Morgan fingerprint density at radius 3 is 2.14 bits per heavy atom. The minimum atomic E-state index is -1.35. The lowest BCUT2D eigenvalue weighted by atomic mass is 9.97.